The van der Waals surface area contributed by atoms with Gasteiger partial charge in [0.05, 0.1) is 19.3 Å². The van der Waals surface area contributed by atoms with E-state index in [-0.39, 0.29) is 17.9 Å². The Morgan fingerprint density at radius 3 is 2.60 bits per heavy atom. The number of thioether (sulfide) groups is 1. The molecule has 1 aromatic carbocycles. The number of aryl methyl sites for hydroxylation is 1. The summed E-state index contributed by atoms with van der Waals surface area (Å²) in [6.45, 7) is 1.92. The van der Waals surface area contributed by atoms with Crippen LogP contribution in [0, 0.1) is 5.92 Å². The summed E-state index contributed by atoms with van der Waals surface area (Å²) in [5.41, 5.74) is 1.25. The highest BCUT2D eigenvalue weighted by Crippen LogP contribution is 2.41. The van der Waals surface area contributed by atoms with Crippen molar-refractivity contribution in [2.75, 3.05) is 12.9 Å². The number of rotatable bonds is 16. The van der Waals surface area contributed by atoms with E-state index in [1.54, 1.807) is 17.8 Å². The summed E-state index contributed by atoms with van der Waals surface area (Å²) in [6.07, 6.45) is 9.06. The molecule has 194 valence electrons. The highest BCUT2D eigenvalue weighted by atomic mass is 32.2. The number of methoxy groups -OCH3 is 1. The molecule has 0 heterocycles. The van der Waals surface area contributed by atoms with Gasteiger partial charge in [-0.15, -0.1) is 11.8 Å². The highest BCUT2D eigenvalue weighted by molar-refractivity contribution is 8.03. The summed E-state index contributed by atoms with van der Waals surface area (Å²) in [6, 6.07) is 10.2. The summed E-state index contributed by atoms with van der Waals surface area (Å²) in [5, 5.41) is 21.2. The fourth-order valence-corrected chi connectivity index (χ4v) is 5.27. The molecule has 0 aromatic heterocycles. The molecule has 0 bridgehead atoms. The third kappa shape index (κ3) is 11.0. The van der Waals surface area contributed by atoms with Crippen molar-refractivity contribution in [3.8, 4) is 0 Å². The van der Waals surface area contributed by atoms with E-state index in [9.17, 15) is 19.8 Å². The molecule has 1 aromatic rings. The van der Waals surface area contributed by atoms with Gasteiger partial charge in [-0.2, -0.15) is 0 Å². The molecule has 0 aliphatic heterocycles. The molecule has 0 spiro atoms. The van der Waals surface area contributed by atoms with E-state index < -0.39 is 12.2 Å². The van der Waals surface area contributed by atoms with E-state index in [2.05, 4.69) is 16.9 Å². The van der Waals surface area contributed by atoms with Crippen molar-refractivity contribution in [1.29, 1.82) is 0 Å². The molecule has 0 radical (unpaired) electrons. The first-order valence-corrected chi connectivity index (χ1v) is 13.6. The average Bonchev–Trinajstić information content (AvgIpc) is 3.13. The number of hydrogen-bond donors (Lipinski definition) is 2. The topological polar surface area (TPSA) is 93.1 Å². The molecule has 0 saturated heterocycles. The van der Waals surface area contributed by atoms with Crippen molar-refractivity contribution >= 4 is 23.7 Å². The molecular formula is C28H40O6S. The summed E-state index contributed by atoms with van der Waals surface area (Å²) < 4.78 is 10.3. The zero-order chi connectivity index (χ0) is 25.5. The maximum absolute atomic E-state index is 12.1. The Labute approximate surface area is 213 Å². The molecule has 7 heteroatoms. The van der Waals surface area contributed by atoms with E-state index in [1.807, 2.05) is 31.2 Å². The molecule has 1 aliphatic carbocycles. The van der Waals surface area contributed by atoms with Crippen molar-refractivity contribution in [2.45, 2.75) is 83.3 Å². The van der Waals surface area contributed by atoms with Crippen LogP contribution in [-0.4, -0.2) is 47.2 Å². The van der Waals surface area contributed by atoms with Crippen molar-refractivity contribution in [3.05, 3.63) is 58.7 Å². The molecular weight excluding hydrogens is 464 g/mol. The zero-order valence-electron chi connectivity index (χ0n) is 21.0. The predicted octanol–water partition coefficient (Wildman–Crippen LogP) is 5.33. The fourth-order valence-electron chi connectivity index (χ4n) is 3.99. The lowest BCUT2D eigenvalue weighted by Gasteiger charge is -2.15. The van der Waals surface area contributed by atoms with Crippen LogP contribution in [0.2, 0.25) is 0 Å². The highest BCUT2D eigenvalue weighted by Gasteiger charge is 2.34. The first-order chi connectivity index (χ1) is 16.9. The normalized spacial score (nSPS) is 18.7. The van der Waals surface area contributed by atoms with Gasteiger partial charge in [-0.25, -0.2) is 0 Å². The first kappa shape index (κ1) is 29.1. The van der Waals surface area contributed by atoms with E-state index in [0.717, 1.165) is 42.8 Å². The largest absolute Gasteiger partial charge is 0.469 e. The molecule has 3 atom stereocenters. The van der Waals surface area contributed by atoms with Gasteiger partial charge < -0.3 is 19.7 Å². The minimum Gasteiger partial charge on any atom is -0.469 e. The second-order valence-corrected chi connectivity index (χ2v) is 10.0. The van der Waals surface area contributed by atoms with Gasteiger partial charge in [-0.1, -0.05) is 55.8 Å². The summed E-state index contributed by atoms with van der Waals surface area (Å²) in [7, 11) is 1.39. The molecule has 0 fully saturated rings. The Hall–Kier alpha value is -2.09. The number of benzene rings is 1. The molecule has 6 nitrogen and oxygen atoms in total. The Morgan fingerprint density at radius 2 is 1.89 bits per heavy atom. The van der Waals surface area contributed by atoms with Crippen molar-refractivity contribution in [2.24, 2.45) is 5.92 Å². The van der Waals surface area contributed by atoms with Crippen LogP contribution in [0.3, 0.4) is 0 Å². The number of aliphatic hydroxyl groups excluding tert-OH is 2. The van der Waals surface area contributed by atoms with Crippen LogP contribution in [0.5, 0.6) is 0 Å². The Balaban J connectivity index is 1.93. The van der Waals surface area contributed by atoms with Gasteiger partial charge >= 0.3 is 11.9 Å². The molecule has 2 N–H and O–H groups in total. The quantitative estimate of drug-likeness (QED) is 0.179. The molecule has 1 aliphatic rings. The standard InChI is InChI=1S/C28H40O6S/c1-3-11-27(32)34-25-20-24(30)23(28(25)35-19-9-5-8-16-26(31)33-2)18-17-22(29)15-10-14-21-12-6-4-7-13-21/h4,6-7,12-13,17-18,22-24,29-30H,3,5,8-11,14-16,19-20H2,1-2H3/b18-17+/t22?,23-,24?/m0/s1. The van der Waals surface area contributed by atoms with Gasteiger partial charge in [-0.05, 0) is 49.8 Å². The zero-order valence-corrected chi connectivity index (χ0v) is 21.8. The number of hydrogen-bond acceptors (Lipinski definition) is 7. The maximum Gasteiger partial charge on any atom is 0.310 e. The number of aliphatic hydroxyl groups is 2. The lowest BCUT2D eigenvalue weighted by Crippen LogP contribution is -2.14. The van der Waals surface area contributed by atoms with Crippen LogP contribution in [0.25, 0.3) is 0 Å². The number of esters is 2. The van der Waals surface area contributed by atoms with Gasteiger partial charge in [0.15, 0.2) is 0 Å². The smallest absolute Gasteiger partial charge is 0.310 e. The van der Waals surface area contributed by atoms with Gasteiger partial charge in [0, 0.05) is 30.1 Å². The Kier molecular flexibility index (Phi) is 13.8. The van der Waals surface area contributed by atoms with Gasteiger partial charge in [0.2, 0.25) is 0 Å². The van der Waals surface area contributed by atoms with Crippen LogP contribution < -0.4 is 0 Å². The van der Waals surface area contributed by atoms with E-state index in [0.29, 0.717) is 37.9 Å². The van der Waals surface area contributed by atoms with Crippen LogP contribution in [-0.2, 0) is 25.5 Å². The Bertz CT molecular complexity index is 835. The third-order valence-electron chi connectivity index (χ3n) is 5.94. The van der Waals surface area contributed by atoms with Gasteiger partial charge in [0.1, 0.15) is 5.76 Å². The Morgan fingerprint density at radius 1 is 1.11 bits per heavy atom. The van der Waals surface area contributed by atoms with Crippen LogP contribution in [0.1, 0.15) is 70.3 Å². The van der Waals surface area contributed by atoms with Crippen LogP contribution in [0.15, 0.2) is 53.1 Å². The van der Waals surface area contributed by atoms with Crippen molar-refractivity contribution in [3.63, 3.8) is 0 Å². The van der Waals surface area contributed by atoms with Gasteiger partial charge in [0.25, 0.3) is 0 Å². The van der Waals surface area contributed by atoms with Crippen LogP contribution >= 0.6 is 11.8 Å². The minimum atomic E-state index is -0.686. The first-order valence-electron chi connectivity index (χ1n) is 12.7. The molecule has 0 amide bonds. The molecule has 0 saturated carbocycles. The molecule has 2 rings (SSSR count). The fraction of sp³-hybridized carbons (Fsp3) is 0.571. The van der Waals surface area contributed by atoms with E-state index in [4.69, 9.17) is 4.74 Å². The SMILES string of the molecule is CCCC(=O)OC1=C(SCCCCCC(=O)OC)[C@@H](/C=C/C(O)CCCc2ccccc2)C(O)C1. The minimum absolute atomic E-state index is 0.197. The number of unbranched alkanes of at least 4 members (excludes halogenated alkanes) is 2. The molecule has 35 heavy (non-hydrogen) atoms. The summed E-state index contributed by atoms with van der Waals surface area (Å²) >= 11 is 1.59. The van der Waals surface area contributed by atoms with Gasteiger partial charge in [-0.3, -0.25) is 9.59 Å². The molecule has 2 unspecified atom stereocenters. The number of carbonyl (C=O) groups is 2. The average molecular weight is 505 g/mol. The van der Waals surface area contributed by atoms with Crippen molar-refractivity contribution in [1.82, 2.24) is 0 Å². The van der Waals surface area contributed by atoms with Crippen molar-refractivity contribution < 1.29 is 29.3 Å². The predicted molar refractivity (Wildman–Crippen MR) is 140 cm³/mol. The number of ether oxygens (including phenoxy) is 2. The monoisotopic (exact) mass is 504 g/mol. The second kappa shape index (κ2) is 16.6. The van der Waals surface area contributed by atoms with E-state index >= 15 is 0 Å². The lowest BCUT2D eigenvalue weighted by atomic mass is 10.0. The lowest BCUT2D eigenvalue weighted by molar-refractivity contribution is -0.141. The van der Waals surface area contributed by atoms with Crippen LogP contribution in [0.4, 0.5) is 0 Å². The second-order valence-electron chi connectivity index (χ2n) is 8.87. The summed E-state index contributed by atoms with van der Waals surface area (Å²) in [5.74, 6) is 0.558. The van der Waals surface area contributed by atoms with E-state index in [1.165, 1.54) is 12.7 Å². The maximum atomic E-state index is 12.1. The number of carbonyl (C=O) groups excluding carboxylic acids is 2. The summed E-state index contributed by atoms with van der Waals surface area (Å²) in [4.78, 5) is 24.2. The third-order valence-corrected chi connectivity index (χ3v) is 7.24.